The second-order valence-electron chi connectivity index (χ2n) is 5.83. The fourth-order valence-electron chi connectivity index (χ4n) is 2.78. The third-order valence-corrected chi connectivity index (χ3v) is 7.69. The number of fused-ring (bicyclic) bond motifs is 1. The molecule has 4 aromatic rings. The molecule has 1 unspecified atom stereocenters. The summed E-state index contributed by atoms with van der Waals surface area (Å²) >= 11 is 2.84. The summed E-state index contributed by atoms with van der Waals surface area (Å²) in [6.45, 7) is 2.94. The maximum atomic E-state index is 12.8. The molecule has 6 nitrogen and oxygen atoms in total. The summed E-state index contributed by atoms with van der Waals surface area (Å²) in [5.41, 5.74) is 8.59. The van der Waals surface area contributed by atoms with Gasteiger partial charge in [0.05, 0.1) is 39.9 Å². The van der Waals surface area contributed by atoms with Crippen LogP contribution in [0.3, 0.4) is 0 Å². The normalized spacial score (nSPS) is 12.5. The minimum absolute atomic E-state index is 0.401. The summed E-state index contributed by atoms with van der Waals surface area (Å²) < 4.78 is 18.7. The summed E-state index contributed by atoms with van der Waals surface area (Å²) in [7, 11) is -1.25. The molecular formula is C19H18N4O2S3. The Morgan fingerprint density at radius 2 is 2.04 bits per heavy atom. The van der Waals surface area contributed by atoms with Crippen molar-refractivity contribution in [1.29, 1.82) is 0 Å². The smallest absolute Gasteiger partial charge is 0.190 e. The average molecular weight is 431 g/mol. The molecule has 4 rings (SSSR count). The van der Waals surface area contributed by atoms with Gasteiger partial charge in [0.15, 0.2) is 10.8 Å². The molecule has 0 saturated heterocycles. The first kappa shape index (κ1) is 19.1. The number of rotatable bonds is 7. The number of nitrogens with two attached hydrogens (primary N) is 1. The first-order valence-electron chi connectivity index (χ1n) is 8.70. The maximum absolute atomic E-state index is 12.8. The molecule has 0 radical (unpaired) electrons. The van der Waals surface area contributed by atoms with Crippen LogP contribution in [0.5, 0.6) is 0 Å². The molecule has 0 amide bonds. The number of nitrogen functional groups attached to an aromatic ring is 1. The maximum Gasteiger partial charge on any atom is 0.190 e. The molecule has 0 saturated carbocycles. The average Bonchev–Trinajstić information content (AvgIpc) is 3.37. The van der Waals surface area contributed by atoms with Gasteiger partial charge in [-0.15, -0.1) is 22.7 Å². The van der Waals surface area contributed by atoms with Gasteiger partial charge in [0.25, 0.3) is 0 Å². The number of ether oxygens (including phenoxy) is 1. The summed E-state index contributed by atoms with van der Waals surface area (Å²) in [5.74, 6) is 0.951. The van der Waals surface area contributed by atoms with E-state index in [1.54, 1.807) is 6.20 Å². The number of anilines is 1. The Balaban J connectivity index is 1.88. The monoisotopic (exact) mass is 430 g/mol. The standard InChI is InChI=1S/C19H18N4O2S3/c1-2-25-9-11-28(24)19-14(20)13-15(12-6-4-3-5-7-12)22-16(23-17(13)27-19)18-21-8-10-26-18/h3-8,10H,2,9,11,20H2,1H3. The Morgan fingerprint density at radius 1 is 1.21 bits per heavy atom. The van der Waals surface area contributed by atoms with Gasteiger partial charge in [-0.1, -0.05) is 30.3 Å². The van der Waals surface area contributed by atoms with Gasteiger partial charge in [-0.2, -0.15) is 0 Å². The lowest BCUT2D eigenvalue weighted by Gasteiger charge is -2.06. The SMILES string of the molecule is CCOCCS(=O)c1sc2nc(-c3nccs3)nc(-c3ccccc3)c2c1N. The lowest BCUT2D eigenvalue weighted by atomic mass is 10.1. The van der Waals surface area contributed by atoms with Crippen molar-refractivity contribution in [3.8, 4) is 22.1 Å². The van der Waals surface area contributed by atoms with Crippen LogP contribution in [0.1, 0.15) is 6.92 Å². The number of thiophene rings is 1. The molecule has 1 aromatic carbocycles. The van der Waals surface area contributed by atoms with E-state index in [0.29, 0.717) is 34.7 Å². The van der Waals surface area contributed by atoms with Crippen molar-refractivity contribution in [3.63, 3.8) is 0 Å². The molecule has 28 heavy (non-hydrogen) atoms. The van der Waals surface area contributed by atoms with Gasteiger partial charge in [-0.3, -0.25) is 4.21 Å². The molecule has 3 heterocycles. The van der Waals surface area contributed by atoms with Gasteiger partial charge in [0.2, 0.25) is 0 Å². The van der Waals surface area contributed by atoms with Crippen molar-refractivity contribution in [2.45, 2.75) is 11.1 Å². The van der Waals surface area contributed by atoms with E-state index in [1.807, 2.05) is 42.6 Å². The van der Waals surface area contributed by atoms with E-state index in [2.05, 4.69) is 9.97 Å². The molecule has 0 aliphatic heterocycles. The molecule has 0 spiro atoms. The van der Waals surface area contributed by atoms with Crippen LogP contribution in [0.25, 0.3) is 32.3 Å². The number of hydrogen-bond donors (Lipinski definition) is 1. The van der Waals surface area contributed by atoms with Crippen LogP contribution >= 0.6 is 22.7 Å². The molecule has 3 aromatic heterocycles. The van der Waals surface area contributed by atoms with Crippen LogP contribution in [-0.2, 0) is 15.5 Å². The number of hydrogen-bond acceptors (Lipinski definition) is 8. The van der Waals surface area contributed by atoms with Crippen LogP contribution in [0.15, 0.2) is 46.1 Å². The summed E-state index contributed by atoms with van der Waals surface area (Å²) in [5, 5.41) is 3.38. The number of thiazole rings is 1. The Kier molecular flexibility index (Phi) is 5.77. The highest BCUT2D eigenvalue weighted by molar-refractivity contribution is 7.87. The first-order chi connectivity index (χ1) is 13.7. The molecule has 9 heteroatoms. The van der Waals surface area contributed by atoms with Crippen molar-refractivity contribution in [2.24, 2.45) is 0 Å². The first-order valence-corrected chi connectivity index (χ1v) is 11.7. The summed E-state index contributed by atoms with van der Waals surface area (Å²) in [6.07, 6.45) is 1.73. The minimum atomic E-state index is -1.25. The number of benzene rings is 1. The van der Waals surface area contributed by atoms with Gasteiger partial charge in [-0.25, -0.2) is 15.0 Å². The van der Waals surface area contributed by atoms with E-state index < -0.39 is 10.8 Å². The lowest BCUT2D eigenvalue weighted by molar-refractivity contribution is 0.164. The van der Waals surface area contributed by atoms with Gasteiger partial charge < -0.3 is 10.5 Å². The predicted octanol–water partition coefficient (Wildman–Crippen LogP) is 4.21. The van der Waals surface area contributed by atoms with Crippen molar-refractivity contribution in [1.82, 2.24) is 15.0 Å². The van der Waals surface area contributed by atoms with Gasteiger partial charge in [-0.05, 0) is 6.92 Å². The zero-order chi connectivity index (χ0) is 19.5. The Morgan fingerprint density at radius 3 is 2.75 bits per heavy atom. The number of aromatic nitrogens is 3. The van der Waals surface area contributed by atoms with Crippen LogP contribution in [0.4, 0.5) is 5.69 Å². The number of nitrogens with zero attached hydrogens (tertiary/aromatic N) is 3. The predicted molar refractivity (Wildman–Crippen MR) is 116 cm³/mol. The largest absolute Gasteiger partial charge is 0.396 e. The molecule has 0 aliphatic carbocycles. The van der Waals surface area contributed by atoms with E-state index in [4.69, 9.17) is 15.5 Å². The Hall–Kier alpha value is -2.20. The van der Waals surface area contributed by atoms with E-state index in [0.717, 1.165) is 26.5 Å². The highest BCUT2D eigenvalue weighted by Gasteiger charge is 2.22. The van der Waals surface area contributed by atoms with E-state index in [1.165, 1.54) is 22.7 Å². The van der Waals surface area contributed by atoms with E-state index >= 15 is 0 Å². The van der Waals surface area contributed by atoms with Crippen LogP contribution in [0.2, 0.25) is 0 Å². The van der Waals surface area contributed by atoms with Crippen molar-refractivity contribution >= 4 is 49.4 Å². The quantitative estimate of drug-likeness (QED) is 0.442. The van der Waals surface area contributed by atoms with E-state index in [-0.39, 0.29) is 0 Å². The second-order valence-corrected chi connectivity index (χ2v) is 9.49. The highest BCUT2D eigenvalue weighted by Crippen LogP contribution is 2.41. The third kappa shape index (κ3) is 3.70. The highest BCUT2D eigenvalue weighted by atomic mass is 32.2. The van der Waals surface area contributed by atoms with Crippen LogP contribution in [0, 0.1) is 0 Å². The molecule has 144 valence electrons. The molecule has 0 bridgehead atoms. The zero-order valence-electron chi connectivity index (χ0n) is 15.1. The Labute approximate surface area is 172 Å². The molecular weight excluding hydrogens is 412 g/mol. The topological polar surface area (TPSA) is 91.0 Å². The molecule has 0 aliphatic rings. The van der Waals surface area contributed by atoms with Crippen molar-refractivity contribution in [2.75, 3.05) is 24.7 Å². The molecule has 2 N–H and O–H groups in total. The minimum Gasteiger partial charge on any atom is -0.396 e. The third-order valence-electron chi connectivity index (χ3n) is 4.05. The molecule has 0 fully saturated rings. The Bertz CT molecular complexity index is 1110. The van der Waals surface area contributed by atoms with Gasteiger partial charge in [0.1, 0.15) is 9.04 Å². The van der Waals surface area contributed by atoms with Crippen molar-refractivity contribution < 1.29 is 8.95 Å². The van der Waals surface area contributed by atoms with Crippen LogP contribution < -0.4 is 5.73 Å². The second kappa shape index (κ2) is 8.44. The van der Waals surface area contributed by atoms with Crippen LogP contribution in [-0.4, -0.2) is 38.1 Å². The summed E-state index contributed by atoms with van der Waals surface area (Å²) in [6, 6.07) is 9.83. The zero-order valence-corrected chi connectivity index (χ0v) is 17.6. The summed E-state index contributed by atoms with van der Waals surface area (Å²) in [4.78, 5) is 14.5. The fourth-order valence-corrected chi connectivity index (χ4v) is 5.83. The van der Waals surface area contributed by atoms with Crippen molar-refractivity contribution in [3.05, 3.63) is 41.9 Å². The molecule has 1 atom stereocenters. The lowest BCUT2D eigenvalue weighted by Crippen LogP contribution is -2.06. The fraction of sp³-hybridized carbons (Fsp3) is 0.211. The van der Waals surface area contributed by atoms with Gasteiger partial charge in [0, 0.05) is 23.7 Å². The van der Waals surface area contributed by atoms with Gasteiger partial charge >= 0.3 is 0 Å². The van der Waals surface area contributed by atoms with E-state index in [9.17, 15) is 4.21 Å².